The minimum Gasteiger partial charge on any atom is -0.294 e. The summed E-state index contributed by atoms with van der Waals surface area (Å²) in [7, 11) is 0. The van der Waals surface area contributed by atoms with Crippen molar-refractivity contribution in [3.05, 3.63) is 34.9 Å². The standard InChI is InChI=1S/C12H16OS/c1-9-5-4-6-11(10(9)2)12(13)7-8-14-3/h4-6H,7-8H2,1-3H3. The van der Waals surface area contributed by atoms with Crippen LogP contribution in [0.25, 0.3) is 0 Å². The number of carbonyl (C=O) groups is 1. The van der Waals surface area contributed by atoms with E-state index in [4.69, 9.17) is 0 Å². The predicted octanol–water partition coefficient (Wildman–Crippen LogP) is 3.24. The van der Waals surface area contributed by atoms with Crippen LogP contribution in [0.2, 0.25) is 0 Å². The van der Waals surface area contributed by atoms with Gasteiger partial charge >= 0.3 is 0 Å². The molecule has 0 unspecified atom stereocenters. The molecule has 76 valence electrons. The lowest BCUT2D eigenvalue weighted by Gasteiger charge is -2.06. The maximum Gasteiger partial charge on any atom is 0.163 e. The van der Waals surface area contributed by atoms with Gasteiger partial charge in [-0.2, -0.15) is 11.8 Å². The zero-order valence-electron chi connectivity index (χ0n) is 8.96. The van der Waals surface area contributed by atoms with Gasteiger partial charge in [-0.15, -0.1) is 0 Å². The molecule has 0 atom stereocenters. The van der Waals surface area contributed by atoms with Crippen LogP contribution in [-0.2, 0) is 0 Å². The monoisotopic (exact) mass is 208 g/mol. The average Bonchev–Trinajstić information content (AvgIpc) is 2.18. The second-order valence-electron chi connectivity index (χ2n) is 3.41. The molecule has 14 heavy (non-hydrogen) atoms. The van der Waals surface area contributed by atoms with Gasteiger partial charge in [-0.1, -0.05) is 18.2 Å². The quantitative estimate of drug-likeness (QED) is 0.707. The molecule has 0 spiro atoms. The number of thioether (sulfide) groups is 1. The van der Waals surface area contributed by atoms with E-state index in [2.05, 4.69) is 0 Å². The van der Waals surface area contributed by atoms with Crippen molar-refractivity contribution in [3.63, 3.8) is 0 Å². The lowest BCUT2D eigenvalue weighted by Crippen LogP contribution is -2.03. The third-order valence-electron chi connectivity index (χ3n) is 2.44. The van der Waals surface area contributed by atoms with Crippen LogP contribution in [0.5, 0.6) is 0 Å². The topological polar surface area (TPSA) is 17.1 Å². The molecule has 0 amide bonds. The number of hydrogen-bond donors (Lipinski definition) is 0. The fourth-order valence-corrected chi connectivity index (χ4v) is 1.77. The van der Waals surface area contributed by atoms with Gasteiger partial charge in [0.15, 0.2) is 5.78 Å². The van der Waals surface area contributed by atoms with Crippen LogP contribution in [0.15, 0.2) is 18.2 Å². The molecule has 0 heterocycles. The zero-order valence-corrected chi connectivity index (χ0v) is 9.78. The molecule has 0 aromatic heterocycles. The molecule has 0 bridgehead atoms. The summed E-state index contributed by atoms with van der Waals surface area (Å²) in [6, 6.07) is 5.92. The molecule has 0 radical (unpaired) electrons. The highest BCUT2D eigenvalue weighted by atomic mass is 32.2. The number of Topliss-reactive ketones (excluding diaryl/α,β-unsaturated/α-hetero) is 1. The molecule has 2 heteroatoms. The van der Waals surface area contributed by atoms with Gasteiger partial charge in [0.1, 0.15) is 0 Å². The van der Waals surface area contributed by atoms with Crippen molar-refractivity contribution in [2.75, 3.05) is 12.0 Å². The van der Waals surface area contributed by atoms with Crippen molar-refractivity contribution in [1.82, 2.24) is 0 Å². The van der Waals surface area contributed by atoms with Crippen molar-refractivity contribution in [2.24, 2.45) is 0 Å². The Morgan fingerprint density at radius 1 is 1.36 bits per heavy atom. The fourth-order valence-electron chi connectivity index (χ4n) is 1.38. The highest BCUT2D eigenvalue weighted by Crippen LogP contribution is 2.15. The van der Waals surface area contributed by atoms with Crippen LogP contribution in [0.4, 0.5) is 0 Å². The van der Waals surface area contributed by atoms with E-state index in [0.29, 0.717) is 6.42 Å². The lowest BCUT2D eigenvalue weighted by atomic mass is 9.99. The number of carbonyl (C=O) groups excluding carboxylic acids is 1. The number of hydrogen-bond acceptors (Lipinski definition) is 2. The summed E-state index contributed by atoms with van der Waals surface area (Å²) in [4.78, 5) is 11.8. The second-order valence-corrected chi connectivity index (χ2v) is 4.40. The van der Waals surface area contributed by atoms with Crippen LogP contribution in [0.1, 0.15) is 27.9 Å². The van der Waals surface area contributed by atoms with E-state index >= 15 is 0 Å². The molecule has 1 aromatic carbocycles. The van der Waals surface area contributed by atoms with E-state index in [0.717, 1.165) is 16.9 Å². The van der Waals surface area contributed by atoms with Gasteiger partial charge in [0.25, 0.3) is 0 Å². The van der Waals surface area contributed by atoms with Crippen LogP contribution in [-0.4, -0.2) is 17.8 Å². The summed E-state index contributed by atoms with van der Waals surface area (Å²) in [5.74, 6) is 1.17. The highest BCUT2D eigenvalue weighted by Gasteiger charge is 2.08. The highest BCUT2D eigenvalue weighted by molar-refractivity contribution is 7.98. The number of ketones is 1. The maximum atomic E-state index is 11.8. The van der Waals surface area contributed by atoms with Crippen molar-refractivity contribution in [1.29, 1.82) is 0 Å². The molecule has 0 saturated carbocycles. The van der Waals surface area contributed by atoms with E-state index in [9.17, 15) is 4.79 Å². The van der Waals surface area contributed by atoms with Crippen molar-refractivity contribution >= 4 is 17.5 Å². The Hall–Kier alpha value is -0.760. The first-order valence-corrected chi connectivity index (χ1v) is 6.14. The van der Waals surface area contributed by atoms with E-state index in [1.54, 1.807) is 11.8 Å². The average molecular weight is 208 g/mol. The number of benzene rings is 1. The summed E-state index contributed by atoms with van der Waals surface area (Å²) in [5, 5.41) is 0. The van der Waals surface area contributed by atoms with Crippen LogP contribution < -0.4 is 0 Å². The Labute approximate surface area is 89.9 Å². The van der Waals surface area contributed by atoms with E-state index in [-0.39, 0.29) is 5.78 Å². The van der Waals surface area contributed by atoms with Crippen LogP contribution >= 0.6 is 11.8 Å². The molecule has 0 aliphatic rings. The molecule has 0 aliphatic heterocycles. The van der Waals surface area contributed by atoms with Gasteiger partial charge in [0.2, 0.25) is 0 Å². The number of rotatable bonds is 4. The van der Waals surface area contributed by atoms with E-state index in [1.807, 2.05) is 38.3 Å². The van der Waals surface area contributed by atoms with Gasteiger partial charge in [0, 0.05) is 17.7 Å². The Balaban J connectivity index is 2.84. The Morgan fingerprint density at radius 3 is 2.71 bits per heavy atom. The third kappa shape index (κ3) is 2.61. The summed E-state index contributed by atoms with van der Waals surface area (Å²) < 4.78 is 0. The summed E-state index contributed by atoms with van der Waals surface area (Å²) >= 11 is 1.71. The predicted molar refractivity (Wildman–Crippen MR) is 63.2 cm³/mol. The largest absolute Gasteiger partial charge is 0.294 e. The summed E-state index contributed by atoms with van der Waals surface area (Å²) in [6.45, 7) is 4.06. The Bertz CT molecular complexity index is 331. The van der Waals surface area contributed by atoms with E-state index < -0.39 is 0 Å². The number of aryl methyl sites for hydroxylation is 1. The van der Waals surface area contributed by atoms with E-state index in [1.165, 1.54) is 5.56 Å². The van der Waals surface area contributed by atoms with Gasteiger partial charge in [0.05, 0.1) is 0 Å². The second kappa shape index (κ2) is 5.20. The summed E-state index contributed by atoms with van der Waals surface area (Å²) in [5.41, 5.74) is 3.21. The smallest absolute Gasteiger partial charge is 0.163 e. The molecule has 0 N–H and O–H groups in total. The first kappa shape index (κ1) is 11.3. The molecular formula is C12H16OS. The maximum absolute atomic E-state index is 11.8. The molecule has 1 aromatic rings. The molecule has 1 nitrogen and oxygen atoms in total. The van der Waals surface area contributed by atoms with Crippen LogP contribution in [0, 0.1) is 13.8 Å². The van der Waals surface area contributed by atoms with Gasteiger partial charge < -0.3 is 0 Å². The molecule has 1 rings (SSSR count). The van der Waals surface area contributed by atoms with Gasteiger partial charge in [-0.05, 0) is 31.2 Å². The fraction of sp³-hybridized carbons (Fsp3) is 0.417. The summed E-state index contributed by atoms with van der Waals surface area (Å²) in [6.07, 6.45) is 2.67. The van der Waals surface area contributed by atoms with Crippen molar-refractivity contribution < 1.29 is 4.79 Å². The normalized spacial score (nSPS) is 10.2. The van der Waals surface area contributed by atoms with Gasteiger partial charge in [-0.3, -0.25) is 4.79 Å². The lowest BCUT2D eigenvalue weighted by molar-refractivity contribution is 0.0989. The van der Waals surface area contributed by atoms with Crippen molar-refractivity contribution in [3.8, 4) is 0 Å². The first-order chi connectivity index (χ1) is 6.66. The SMILES string of the molecule is CSCCC(=O)c1cccc(C)c1C. The minimum absolute atomic E-state index is 0.264. The molecule has 0 fully saturated rings. The third-order valence-corrected chi connectivity index (χ3v) is 3.05. The molecular weight excluding hydrogens is 192 g/mol. The van der Waals surface area contributed by atoms with Crippen LogP contribution in [0.3, 0.4) is 0 Å². The Morgan fingerprint density at radius 2 is 2.07 bits per heavy atom. The zero-order chi connectivity index (χ0) is 10.6. The Kier molecular flexibility index (Phi) is 4.21. The van der Waals surface area contributed by atoms with Crippen molar-refractivity contribution in [2.45, 2.75) is 20.3 Å². The van der Waals surface area contributed by atoms with Gasteiger partial charge in [-0.25, -0.2) is 0 Å². The first-order valence-electron chi connectivity index (χ1n) is 4.75. The molecule has 0 aliphatic carbocycles. The minimum atomic E-state index is 0.264. The molecule has 0 saturated heterocycles.